The second kappa shape index (κ2) is 10.0. The summed E-state index contributed by atoms with van der Waals surface area (Å²) in [6, 6.07) is 8.14. The third kappa shape index (κ3) is 6.06. The summed E-state index contributed by atoms with van der Waals surface area (Å²) in [5.41, 5.74) is 2.19. The van der Waals surface area contributed by atoms with Crippen LogP contribution < -0.4 is 11.0 Å². The number of carbonyl (C=O) groups is 1. The first kappa shape index (κ1) is 19.3. The number of hydrogen-bond acceptors (Lipinski definition) is 5. The molecule has 8 heteroatoms. The van der Waals surface area contributed by atoms with Gasteiger partial charge in [-0.15, -0.1) is 5.10 Å². The Hall–Kier alpha value is -2.06. The van der Waals surface area contributed by atoms with Crippen molar-refractivity contribution in [2.75, 3.05) is 26.0 Å². The Balaban J connectivity index is 1.76. The molecular formula is C17H24N4O3S. The molecule has 1 heterocycles. The van der Waals surface area contributed by atoms with Crippen molar-refractivity contribution in [2.45, 2.75) is 31.5 Å². The van der Waals surface area contributed by atoms with Gasteiger partial charge in [-0.3, -0.25) is 9.36 Å². The van der Waals surface area contributed by atoms with E-state index in [-0.39, 0.29) is 17.3 Å². The molecule has 0 aliphatic rings. The number of carbonyl (C=O) groups excluding carboxylic acids is 1. The Bertz CT molecular complexity index is 741. The van der Waals surface area contributed by atoms with E-state index in [1.807, 2.05) is 12.1 Å². The maximum Gasteiger partial charge on any atom is 0.343 e. The zero-order chi connectivity index (χ0) is 18.1. The van der Waals surface area contributed by atoms with Gasteiger partial charge >= 0.3 is 5.69 Å². The van der Waals surface area contributed by atoms with Gasteiger partial charge in [-0.1, -0.05) is 36.0 Å². The van der Waals surface area contributed by atoms with Crippen molar-refractivity contribution in [3.8, 4) is 0 Å². The Morgan fingerprint density at radius 1 is 1.40 bits per heavy atom. The first-order valence-corrected chi connectivity index (χ1v) is 9.18. The van der Waals surface area contributed by atoms with Crippen LogP contribution in [0.2, 0.25) is 0 Å². The largest absolute Gasteiger partial charge is 0.385 e. The molecule has 1 amide bonds. The average Bonchev–Trinajstić information content (AvgIpc) is 2.95. The van der Waals surface area contributed by atoms with E-state index >= 15 is 0 Å². The highest BCUT2D eigenvalue weighted by molar-refractivity contribution is 7.99. The van der Waals surface area contributed by atoms with Crippen LogP contribution >= 0.6 is 11.8 Å². The van der Waals surface area contributed by atoms with E-state index in [9.17, 15) is 9.59 Å². The molecule has 2 rings (SSSR count). The molecular weight excluding hydrogens is 340 g/mol. The van der Waals surface area contributed by atoms with Crippen molar-refractivity contribution in [1.82, 2.24) is 20.1 Å². The lowest BCUT2D eigenvalue weighted by Crippen LogP contribution is -2.27. The highest BCUT2D eigenvalue weighted by atomic mass is 32.2. The van der Waals surface area contributed by atoms with Crippen LogP contribution in [0.3, 0.4) is 0 Å². The fourth-order valence-corrected chi connectivity index (χ4v) is 3.19. The van der Waals surface area contributed by atoms with Crippen LogP contribution in [0.4, 0.5) is 0 Å². The molecule has 0 atom stereocenters. The molecule has 0 aliphatic heterocycles. The number of ether oxygens (including phenoxy) is 1. The molecule has 0 saturated heterocycles. The lowest BCUT2D eigenvalue weighted by Gasteiger charge is -2.08. The van der Waals surface area contributed by atoms with Gasteiger partial charge in [-0.25, -0.2) is 9.89 Å². The SMILES string of the molecule is COCCCn1c(SCC(=O)NCCc2ccccc2C)n[nH]c1=O. The average molecular weight is 364 g/mol. The van der Waals surface area contributed by atoms with Crippen molar-refractivity contribution in [1.29, 1.82) is 0 Å². The van der Waals surface area contributed by atoms with Crippen molar-refractivity contribution < 1.29 is 9.53 Å². The molecule has 2 aromatic rings. The fraction of sp³-hybridized carbons (Fsp3) is 0.471. The van der Waals surface area contributed by atoms with Gasteiger partial charge in [0, 0.05) is 26.8 Å². The number of hydrogen-bond donors (Lipinski definition) is 2. The number of methoxy groups -OCH3 is 1. The first-order valence-electron chi connectivity index (χ1n) is 8.20. The van der Waals surface area contributed by atoms with Crippen LogP contribution in [-0.2, 0) is 22.5 Å². The lowest BCUT2D eigenvalue weighted by atomic mass is 10.1. The lowest BCUT2D eigenvalue weighted by molar-refractivity contribution is -0.118. The monoisotopic (exact) mass is 364 g/mol. The minimum absolute atomic E-state index is 0.0718. The Kier molecular flexibility index (Phi) is 7.75. The second-order valence-corrected chi connectivity index (χ2v) is 6.57. The molecule has 0 bridgehead atoms. The van der Waals surface area contributed by atoms with E-state index in [1.165, 1.54) is 27.5 Å². The number of aromatic nitrogens is 3. The van der Waals surface area contributed by atoms with E-state index in [2.05, 4.69) is 34.6 Å². The summed E-state index contributed by atoms with van der Waals surface area (Å²) in [5.74, 6) is 0.153. The van der Waals surface area contributed by atoms with Crippen molar-refractivity contribution >= 4 is 17.7 Å². The highest BCUT2D eigenvalue weighted by Gasteiger charge is 2.11. The number of thioether (sulfide) groups is 1. The number of amides is 1. The topological polar surface area (TPSA) is 89.0 Å². The Morgan fingerprint density at radius 2 is 2.20 bits per heavy atom. The number of nitrogens with zero attached hydrogens (tertiary/aromatic N) is 2. The first-order chi connectivity index (χ1) is 12.1. The van der Waals surface area contributed by atoms with Gasteiger partial charge < -0.3 is 10.1 Å². The minimum Gasteiger partial charge on any atom is -0.385 e. The molecule has 1 aromatic carbocycles. The molecule has 0 fully saturated rings. The van der Waals surface area contributed by atoms with Crippen LogP contribution in [0.15, 0.2) is 34.2 Å². The van der Waals surface area contributed by atoms with Crippen LogP contribution in [-0.4, -0.2) is 46.7 Å². The summed E-state index contributed by atoms with van der Waals surface area (Å²) < 4.78 is 6.52. The molecule has 0 aliphatic carbocycles. The van der Waals surface area contributed by atoms with Gasteiger partial charge in [0.25, 0.3) is 0 Å². The predicted octanol–water partition coefficient (Wildman–Crippen LogP) is 1.37. The van der Waals surface area contributed by atoms with Gasteiger partial charge in [-0.05, 0) is 30.9 Å². The normalized spacial score (nSPS) is 10.8. The standard InChI is InChI=1S/C17H24N4O3S/c1-13-6-3-4-7-14(13)8-9-18-15(22)12-25-17-20-19-16(23)21(17)10-5-11-24-2/h3-4,6-7H,5,8-12H2,1-2H3,(H,18,22)(H,19,23). The minimum atomic E-state index is -0.265. The van der Waals surface area contributed by atoms with Gasteiger partial charge in [0.15, 0.2) is 5.16 Å². The van der Waals surface area contributed by atoms with Gasteiger partial charge in [-0.2, -0.15) is 0 Å². The summed E-state index contributed by atoms with van der Waals surface area (Å²) in [6.07, 6.45) is 1.51. The van der Waals surface area contributed by atoms with Crippen molar-refractivity contribution in [3.63, 3.8) is 0 Å². The van der Waals surface area contributed by atoms with E-state index in [0.717, 1.165) is 6.42 Å². The highest BCUT2D eigenvalue weighted by Crippen LogP contribution is 2.13. The van der Waals surface area contributed by atoms with Gasteiger partial charge in [0.2, 0.25) is 5.91 Å². The van der Waals surface area contributed by atoms with E-state index in [0.29, 0.717) is 31.3 Å². The molecule has 0 spiro atoms. The number of rotatable bonds is 10. The zero-order valence-corrected chi connectivity index (χ0v) is 15.4. The molecule has 0 saturated carbocycles. The van der Waals surface area contributed by atoms with Gasteiger partial charge in [0.1, 0.15) is 0 Å². The smallest absolute Gasteiger partial charge is 0.343 e. The summed E-state index contributed by atoms with van der Waals surface area (Å²) in [4.78, 5) is 23.7. The number of aromatic amines is 1. The number of aryl methyl sites for hydroxylation is 1. The molecule has 7 nitrogen and oxygen atoms in total. The fourth-order valence-electron chi connectivity index (χ4n) is 2.39. The van der Waals surface area contributed by atoms with E-state index in [4.69, 9.17) is 4.74 Å². The quantitative estimate of drug-likeness (QED) is 0.491. The molecule has 0 radical (unpaired) electrons. The van der Waals surface area contributed by atoms with Crippen LogP contribution in [0, 0.1) is 6.92 Å². The summed E-state index contributed by atoms with van der Waals surface area (Å²) in [6.45, 7) is 3.74. The molecule has 25 heavy (non-hydrogen) atoms. The van der Waals surface area contributed by atoms with Crippen molar-refractivity contribution in [3.05, 3.63) is 45.9 Å². The molecule has 1 aromatic heterocycles. The number of nitrogens with one attached hydrogen (secondary N) is 2. The van der Waals surface area contributed by atoms with E-state index in [1.54, 1.807) is 7.11 Å². The molecule has 2 N–H and O–H groups in total. The van der Waals surface area contributed by atoms with Gasteiger partial charge in [0.05, 0.1) is 5.75 Å². The summed E-state index contributed by atoms with van der Waals surface area (Å²) in [7, 11) is 1.62. The zero-order valence-electron chi connectivity index (χ0n) is 14.6. The Morgan fingerprint density at radius 3 is 2.96 bits per heavy atom. The van der Waals surface area contributed by atoms with E-state index < -0.39 is 0 Å². The molecule has 0 unspecified atom stereocenters. The Labute approximate surface area is 151 Å². The van der Waals surface area contributed by atoms with Crippen molar-refractivity contribution in [2.24, 2.45) is 0 Å². The summed E-state index contributed by atoms with van der Waals surface area (Å²) in [5, 5.41) is 9.82. The van der Waals surface area contributed by atoms with Crippen LogP contribution in [0.1, 0.15) is 17.5 Å². The maximum absolute atomic E-state index is 12.0. The predicted molar refractivity (Wildman–Crippen MR) is 98.0 cm³/mol. The van der Waals surface area contributed by atoms with Crippen LogP contribution in [0.25, 0.3) is 0 Å². The second-order valence-electron chi connectivity index (χ2n) is 5.62. The molecule has 136 valence electrons. The third-order valence-corrected chi connectivity index (χ3v) is 4.74. The maximum atomic E-state index is 12.0. The number of H-pyrrole nitrogens is 1. The summed E-state index contributed by atoms with van der Waals surface area (Å²) >= 11 is 1.25. The number of benzene rings is 1. The van der Waals surface area contributed by atoms with Crippen LogP contribution in [0.5, 0.6) is 0 Å². The third-order valence-electron chi connectivity index (χ3n) is 3.76.